The number of aromatic carboxylic acids is 1. The molecular formula is C37H28ClN3O5S. The van der Waals surface area contributed by atoms with Crippen LogP contribution in [0.15, 0.2) is 144 Å². The first-order valence-electron chi connectivity index (χ1n) is 14.4. The third-order valence-corrected chi connectivity index (χ3v) is 8.30. The molecule has 0 aliphatic heterocycles. The number of anilines is 2. The maximum absolute atomic E-state index is 13.4. The average Bonchev–Trinajstić information content (AvgIpc) is 3.08. The van der Waals surface area contributed by atoms with Crippen LogP contribution in [0.3, 0.4) is 0 Å². The number of hydrogen-bond donors (Lipinski definition) is 4. The lowest BCUT2D eigenvalue weighted by molar-refractivity contribution is -0.116. The van der Waals surface area contributed by atoms with Crippen LogP contribution in [0.2, 0.25) is 5.02 Å². The number of carboxylic acids is 1. The molecule has 0 fully saturated rings. The predicted octanol–water partition coefficient (Wildman–Crippen LogP) is 7.92. The van der Waals surface area contributed by atoms with Gasteiger partial charge in [0.15, 0.2) is 0 Å². The first kappa shape index (κ1) is 32.7. The second-order valence-corrected chi connectivity index (χ2v) is 11.8. The standard InChI is InChI=1S/C37H28ClN3O5S/c38-28-13-7-8-24(22-28)23-32(41-34(42)26-11-5-2-6-12-26)35(43)39-30-18-20-31(21-19-30)47-33(25-9-3-1-4-10-25)36(44)40-29-16-14-27(15-17-29)37(45)46/h1-23,33H,(H,39,43)(H,40,44)(H,41,42)(H,45,46)/b32-23-. The van der Waals surface area contributed by atoms with Gasteiger partial charge in [0.25, 0.3) is 11.8 Å². The molecule has 0 aliphatic carbocycles. The van der Waals surface area contributed by atoms with Crippen molar-refractivity contribution in [1.29, 1.82) is 0 Å². The Hall–Kier alpha value is -5.64. The fraction of sp³-hybridized carbons (Fsp3) is 0.0270. The van der Waals surface area contributed by atoms with E-state index in [4.69, 9.17) is 16.7 Å². The number of benzene rings is 5. The van der Waals surface area contributed by atoms with Gasteiger partial charge in [0.2, 0.25) is 5.91 Å². The molecule has 4 N–H and O–H groups in total. The minimum absolute atomic E-state index is 0.0248. The summed E-state index contributed by atoms with van der Waals surface area (Å²) in [7, 11) is 0. The van der Waals surface area contributed by atoms with Crippen molar-refractivity contribution in [3.63, 3.8) is 0 Å². The molecule has 0 bridgehead atoms. The van der Waals surface area contributed by atoms with Gasteiger partial charge < -0.3 is 21.1 Å². The van der Waals surface area contributed by atoms with Crippen molar-refractivity contribution in [2.75, 3.05) is 10.6 Å². The first-order chi connectivity index (χ1) is 22.7. The van der Waals surface area contributed by atoms with E-state index in [1.165, 1.54) is 23.9 Å². The van der Waals surface area contributed by atoms with E-state index in [1.54, 1.807) is 97.1 Å². The Labute approximate surface area is 280 Å². The Morgan fingerprint density at radius 3 is 1.94 bits per heavy atom. The predicted molar refractivity (Wildman–Crippen MR) is 185 cm³/mol. The van der Waals surface area contributed by atoms with Crippen molar-refractivity contribution in [2.24, 2.45) is 0 Å². The zero-order chi connectivity index (χ0) is 33.2. The maximum Gasteiger partial charge on any atom is 0.335 e. The van der Waals surface area contributed by atoms with Gasteiger partial charge in [-0.1, -0.05) is 72.3 Å². The Morgan fingerprint density at radius 1 is 0.681 bits per heavy atom. The van der Waals surface area contributed by atoms with E-state index in [1.807, 2.05) is 30.3 Å². The minimum Gasteiger partial charge on any atom is -0.478 e. The quantitative estimate of drug-likeness (QED) is 0.0842. The van der Waals surface area contributed by atoms with Gasteiger partial charge in [-0.2, -0.15) is 0 Å². The molecule has 0 radical (unpaired) electrons. The monoisotopic (exact) mass is 661 g/mol. The molecule has 0 aromatic heterocycles. The number of halogens is 1. The van der Waals surface area contributed by atoms with Crippen LogP contribution in [0.1, 0.15) is 37.1 Å². The molecule has 47 heavy (non-hydrogen) atoms. The summed E-state index contributed by atoms with van der Waals surface area (Å²) >= 11 is 7.46. The average molecular weight is 662 g/mol. The number of thioether (sulfide) groups is 1. The van der Waals surface area contributed by atoms with Crippen LogP contribution in [0.4, 0.5) is 11.4 Å². The summed E-state index contributed by atoms with van der Waals surface area (Å²) in [4.78, 5) is 51.7. The number of amides is 3. The van der Waals surface area contributed by atoms with Crippen LogP contribution in [0.5, 0.6) is 0 Å². The van der Waals surface area contributed by atoms with Crippen molar-refractivity contribution in [3.8, 4) is 0 Å². The summed E-state index contributed by atoms with van der Waals surface area (Å²) in [6, 6.07) is 37.7. The van der Waals surface area contributed by atoms with Crippen LogP contribution in [-0.4, -0.2) is 28.8 Å². The molecule has 5 aromatic carbocycles. The highest BCUT2D eigenvalue weighted by Gasteiger charge is 2.23. The molecule has 0 spiro atoms. The van der Waals surface area contributed by atoms with Crippen LogP contribution in [0, 0.1) is 0 Å². The van der Waals surface area contributed by atoms with E-state index in [-0.39, 0.29) is 17.2 Å². The molecule has 1 atom stereocenters. The molecule has 0 saturated carbocycles. The Balaban J connectivity index is 1.32. The zero-order valence-electron chi connectivity index (χ0n) is 24.7. The molecule has 234 valence electrons. The lowest BCUT2D eigenvalue weighted by Gasteiger charge is -2.18. The van der Waals surface area contributed by atoms with Gasteiger partial charge in [-0.15, -0.1) is 11.8 Å². The summed E-state index contributed by atoms with van der Waals surface area (Å²) < 4.78 is 0. The Morgan fingerprint density at radius 2 is 1.30 bits per heavy atom. The van der Waals surface area contributed by atoms with E-state index < -0.39 is 23.0 Å². The van der Waals surface area contributed by atoms with Crippen LogP contribution < -0.4 is 16.0 Å². The number of rotatable bonds is 11. The second-order valence-electron chi connectivity index (χ2n) is 10.2. The summed E-state index contributed by atoms with van der Waals surface area (Å²) in [5.74, 6) is -2.31. The Bertz CT molecular complexity index is 1920. The molecule has 8 nitrogen and oxygen atoms in total. The normalized spacial score (nSPS) is 11.6. The van der Waals surface area contributed by atoms with E-state index in [0.29, 0.717) is 27.5 Å². The van der Waals surface area contributed by atoms with Crippen molar-refractivity contribution >= 4 is 64.5 Å². The fourth-order valence-corrected chi connectivity index (χ4v) is 5.68. The molecule has 0 heterocycles. The highest BCUT2D eigenvalue weighted by Crippen LogP contribution is 2.37. The third-order valence-electron chi connectivity index (χ3n) is 6.79. The summed E-state index contributed by atoms with van der Waals surface area (Å²) in [5, 5.41) is 17.4. The molecule has 0 aliphatic rings. The van der Waals surface area contributed by atoms with Crippen LogP contribution in [-0.2, 0) is 9.59 Å². The van der Waals surface area contributed by atoms with Gasteiger partial charge in [0.1, 0.15) is 10.9 Å². The molecule has 3 amide bonds. The van der Waals surface area contributed by atoms with Gasteiger partial charge >= 0.3 is 5.97 Å². The molecule has 10 heteroatoms. The molecule has 1 unspecified atom stereocenters. The highest BCUT2D eigenvalue weighted by atomic mass is 35.5. The molecule has 5 aromatic rings. The second kappa shape index (κ2) is 15.6. The molecular weight excluding hydrogens is 634 g/mol. The van der Waals surface area contributed by atoms with Gasteiger partial charge in [-0.05, 0) is 90.0 Å². The Kier molecular flexibility index (Phi) is 10.9. The van der Waals surface area contributed by atoms with Crippen molar-refractivity contribution in [3.05, 3.63) is 166 Å². The number of carboxylic acid groups (broad SMARTS) is 1. The number of carbonyl (C=O) groups excluding carboxylic acids is 3. The first-order valence-corrected chi connectivity index (χ1v) is 15.6. The lowest BCUT2D eigenvalue weighted by atomic mass is 10.1. The largest absolute Gasteiger partial charge is 0.478 e. The van der Waals surface area contributed by atoms with E-state index in [9.17, 15) is 19.2 Å². The topological polar surface area (TPSA) is 125 Å². The third kappa shape index (κ3) is 9.20. The van der Waals surface area contributed by atoms with Gasteiger partial charge in [-0.25, -0.2) is 4.79 Å². The van der Waals surface area contributed by atoms with Gasteiger partial charge in [-0.3, -0.25) is 14.4 Å². The highest BCUT2D eigenvalue weighted by molar-refractivity contribution is 8.00. The zero-order valence-corrected chi connectivity index (χ0v) is 26.3. The van der Waals surface area contributed by atoms with E-state index in [0.717, 1.165) is 10.5 Å². The van der Waals surface area contributed by atoms with E-state index in [2.05, 4.69) is 16.0 Å². The van der Waals surface area contributed by atoms with Crippen LogP contribution in [0.25, 0.3) is 6.08 Å². The number of carbonyl (C=O) groups is 4. The minimum atomic E-state index is -1.05. The summed E-state index contributed by atoms with van der Waals surface area (Å²) in [5.41, 5.74) is 2.90. The van der Waals surface area contributed by atoms with E-state index >= 15 is 0 Å². The summed E-state index contributed by atoms with van der Waals surface area (Å²) in [6.45, 7) is 0. The SMILES string of the molecule is O=C(Nc1ccc(SC(C(=O)Nc2ccc(C(=O)O)cc2)c2ccccc2)cc1)/C(=C/c1cccc(Cl)c1)NC(=O)c1ccccc1. The maximum atomic E-state index is 13.4. The smallest absolute Gasteiger partial charge is 0.335 e. The lowest BCUT2D eigenvalue weighted by Crippen LogP contribution is -2.30. The van der Waals surface area contributed by atoms with Crippen molar-refractivity contribution in [2.45, 2.75) is 10.1 Å². The van der Waals surface area contributed by atoms with Gasteiger partial charge in [0, 0.05) is 26.9 Å². The summed E-state index contributed by atoms with van der Waals surface area (Å²) in [6.07, 6.45) is 1.55. The fourth-order valence-electron chi connectivity index (χ4n) is 4.46. The van der Waals surface area contributed by atoms with Gasteiger partial charge in [0.05, 0.1) is 5.56 Å². The van der Waals surface area contributed by atoms with Crippen molar-refractivity contribution < 1.29 is 24.3 Å². The molecule has 0 saturated heterocycles. The molecule has 5 rings (SSSR count). The number of hydrogen-bond acceptors (Lipinski definition) is 5. The number of nitrogens with one attached hydrogen (secondary N) is 3. The van der Waals surface area contributed by atoms with Crippen molar-refractivity contribution in [1.82, 2.24) is 5.32 Å². The van der Waals surface area contributed by atoms with Crippen LogP contribution >= 0.6 is 23.4 Å².